The number of benzene rings is 2. The number of methoxy groups -OCH3 is 1. The van der Waals surface area contributed by atoms with Crippen LogP contribution in [0, 0.1) is 5.82 Å². The highest BCUT2D eigenvalue weighted by Gasteiger charge is 2.33. The molecule has 2 rings (SSSR count). The highest BCUT2D eigenvalue weighted by atomic mass is 19.1. The highest BCUT2D eigenvalue weighted by Crippen LogP contribution is 2.39. The van der Waals surface area contributed by atoms with E-state index >= 15 is 0 Å². The molecule has 0 radical (unpaired) electrons. The van der Waals surface area contributed by atoms with Gasteiger partial charge in [-0.2, -0.15) is 0 Å². The molecule has 2 aromatic carbocycles. The van der Waals surface area contributed by atoms with Gasteiger partial charge < -0.3 is 4.74 Å². The molecule has 0 bridgehead atoms. The van der Waals surface area contributed by atoms with Gasteiger partial charge in [0.05, 0.1) is 13.2 Å². The third-order valence-electron chi connectivity index (χ3n) is 3.93. The van der Waals surface area contributed by atoms with Crippen LogP contribution in [0.1, 0.15) is 31.0 Å². The normalized spacial score (nSPS) is 13.0. The molecule has 0 saturated heterocycles. The summed E-state index contributed by atoms with van der Waals surface area (Å²) in [4.78, 5) is 0. The van der Waals surface area contributed by atoms with Crippen LogP contribution in [0.2, 0.25) is 0 Å². The van der Waals surface area contributed by atoms with E-state index in [-0.39, 0.29) is 17.3 Å². The summed E-state index contributed by atoms with van der Waals surface area (Å²) in [5, 5.41) is 0. The second kappa shape index (κ2) is 6.24. The minimum atomic E-state index is -0.336. The third-order valence-corrected chi connectivity index (χ3v) is 3.93. The number of rotatable bonds is 5. The number of hydrogen-bond acceptors (Lipinski definition) is 3. The molecule has 0 aromatic heterocycles. The Balaban J connectivity index is 2.46. The zero-order valence-corrected chi connectivity index (χ0v) is 12.6. The Hall–Kier alpha value is -1.91. The van der Waals surface area contributed by atoms with E-state index in [1.807, 2.05) is 24.3 Å². The molecule has 1 unspecified atom stereocenters. The van der Waals surface area contributed by atoms with Crippen molar-refractivity contribution in [1.29, 1.82) is 0 Å². The van der Waals surface area contributed by atoms with E-state index < -0.39 is 0 Å². The first-order valence-electron chi connectivity index (χ1n) is 6.85. The van der Waals surface area contributed by atoms with Gasteiger partial charge in [-0.05, 0) is 23.8 Å². The molecule has 0 saturated carbocycles. The number of ether oxygens (including phenoxy) is 1. The van der Waals surface area contributed by atoms with Gasteiger partial charge in [0.1, 0.15) is 11.6 Å². The Labute approximate surface area is 124 Å². The lowest BCUT2D eigenvalue weighted by Gasteiger charge is -2.35. The fourth-order valence-electron chi connectivity index (χ4n) is 2.64. The minimum absolute atomic E-state index is 0.167. The van der Waals surface area contributed by atoms with E-state index in [1.165, 1.54) is 12.1 Å². The van der Waals surface area contributed by atoms with Crippen LogP contribution in [0.4, 0.5) is 4.39 Å². The molecule has 3 nitrogen and oxygen atoms in total. The first-order valence-corrected chi connectivity index (χ1v) is 6.85. The topological polar surface area (TPSA) is 47.3 Å². The van der Waals surface area contributed by atoms with Crippen LogP contribution in [-0.2, 0) is 5.41 Å². The molecule has 0 spiro atoms. The summed E-state index contributed by atoms with van der Waals surface area (Å²) in [5.74, 6) is 6.33. The SMILES string of the molecule is COc1ccccc1C(NN)C(C)(C)c1ccc(F)cc1. The first-order chi connectivity index (χ1) is 10.0. The Morgan fingerprint density at radius 1 is 1.10 bits per heavy atom. The fraction of sp³-hybridized carbons (Fsp3) is 0.294. The van der Waals surface area contributed by atoms with E-state index in [0.717, 1.165) is 16.9 Å². The van der Waals surface area contributed by atoms with Crippen molar-refractivity contribution in [1.82, 2.24) is 5.43 Å². The van der Waals surface area contributed by atoms with Crippen LogP contribution in [0.3, 0.4) is 0 Å². The molecular weight excluding hydrogens is 267 g/mol. The summed E-state index contributed by atoms with van der Waals surface area (Å²) in [7, 11) is 1.64. The molecule has 112 valence electrons. The van der Waals surface area contributed by atoms with Crippen molar-refractivity contribution in [2.75, 3.05) is 7.11 Å². The number of hydrogen-bond donors (Lipinski definition) is 2. The molecule has 3 N–H and O–H groups in total. The molecule has 2 aromatic rings. The maximum Gasteiger partial charge on any atom is 0.123 e. The molecule has 1 atom stereocenters. The zero-order chi connectivity index (χ0) is 15.5. The second-order valence-corrected chi connectivity index (χ2v) is 5.57. The van der Waals surface area contributed by atoms with Crippen LogP contribution >= 0.6 is 0 Å². The number of para-hydroxylation sites is 1. The molecule has 0 aliphatic rings. The van der Waals surface area contributed by atoms with Gasteiger partial charge in [0.2, 0.25) is 0 Å². The van der Waals surface area contributed by atoms with Gasteiger partial charge in [0.25, 0.3) is 0 Å². The van der Waals surface area contributed by atoms with Gasteiger partial charge in [-0.15, -0.1) is 0 Å². The van der Waals surface area contributed by atoms with Crippen molar-refractivity contribution in [3.63, 3.8) is 0 Å². The second-order valence-electron chi connectivity index (χ2n) is 5.57. The highest BCUT2D eigenvalue weighted by molar-refractivity contribution is 5.40. The third kappa shape index (κ3) is 3.06. The van der Waals surface area contributed by atoms with Crippen molar-refractivity contribution in [3.05, 3.63) is 65.5 Å². The molecular formula is C17H21FN2O. The predicted molar refractivity (Wildman–Crippen MR) is 82.5 cm³/mol. The average Bonchev–Trinajstić information content (AvgIpc) is 2.48. The summed E-state index contributed by atoms with van der Waals surface area (Å²) in [6, 6.07) is 14.1. The van der Waals surface area contributed by atoms with Crippen molar-refractivity contribution in [2.24, 2.45) is 5.84 Å². The largest absolute Gasteiger partial charge is 0.496 e. The fourth-order valence-corrected chi connectivity index (χ4v) is 2.64. The number of nitrogens with one attached hydrogen (secondary N) is 1. The van der Waals surface area contributed by atoms with Crippen molar-refractivity contribution in [3.8, 4) is 5.75 Å². The van der Waals surface area contributed by atoms with Crippen molar-refractivity contribution in [2.45, 2.75) is 25.3 Å². The van der Waals surface area contributed by atoms with Gasteiger partial charge in [0.15, 0.2) is 0 Å². The Kier molecular flexibility index (Phi) is 4.60. The lowest BCUT2D eigenvalue weighted by atomic mass is 9.75. The Bertz CT molecular complexity index is 596. The van der Waals surface area contributed by atoms with Crippen LogP contribution in [0.5, 0.6) is 5.75 Å². The average molecular weight is 288 g/mol. The van der Waals surface area contributed by atoms with Crippen LogP contribution in [0.25, 0.3) is 0 Å². The van der Waals surface area contributed by atoms with Gasteiger partial charge in [-0.25, -0.2) is 4.39 Å². The number of nitrogens with two attached hydrogens (primary N) is 1. The standard InChI is InChI=1S/C17H21FN2O/c1-17(2,12-8-10-13(18)11-9-12)16(20-19)14-6-4-5-7-15(14)21-3/h4-11,16,20H,19H2,1-3H3. The predicted octanol–water partition coefficient (Wildman–Crippen LogP) is 3.32. The maximum atomic E-state index is 13.1. The lowest BCUT2D eigenvalue weighted by molar-refractivity contribution is 0.333. The van der Waals surface area contributed by atoms with Gasteiger partial charge in [-0.3, -0.25) is 11.3 Å². The van der Waals surface area contributed by atoms with Gasteiger partial charge in [-0.1, -0.05) is 44.2 Å². The van der Waals surface area contributed by atoms with E-state index in [4.69, 9.17) is 10.6 Å². The smallest absolute Gasteiger partial charge is 0.123 e. The summed E-state index contributed by atoms with van der Waals surface area (Å²) in [5.41, 5.74) is 4.50. The number of halogens is 1. The molecule has 0 amide bonds. The monoisotopic (exact) mass is 288 g/mol. The molecule has 0 heterocycles. The molecule has 0 aliphatic heterocycles. The molecule has 4 heteroatoms. The summed E-state index contributed by atoms with van der Waals surface area (Å²) in [6.07, 6.45) is 0. The minimum Gasteiger partial charge on any atom is -0.496 e. The summed E-state index contributed by atoms with van der Waals surface area (Å²) >= 11 is 0. The van der Waals surface area contributed by atoms with E-state index in [1.54, 1.807) is 19.2 Å². The van der Waals surface area contributed by atoms with E-state index in [0.29, 0.717) is 0 Å². The summed E-state index contributed by atoms with van der Waals surface area (Å²) < 4.78 is 18.6. The first kappa shape index (κ1) is 15.5. The Morgan fingerprint density at radius 2 is 1.71 bits per heavy atom. The summed E-state index contributed by atoms with van der Waals surface area (Å²) in [6.45, 7) is 4.13. The van der Waals surface area contributed by atoms with Gasteiger partial charge >= 0.3 is 0 Å². The Morgan fingerprint density at radius 3 is 2.29 bits per heavy atom. The van der Waals surface area contributed by atoms with E-state index in [9.17, 15) is 4.39 Å². The quantitative estimate of drug-likeness (QED) is 0.655. The van der Waals surface area contributed by atoms with E-state index in [2.05, 4.69) is 19.3 Å². The van der Waals surface area contributed by atoms with Crippen molar-refractivity contribution >= 4 is 0 Å². The molecule has 0 aliphatic carbocycles. The van der Waals surface area contributed by atoms with Gasteiger partial charge in [0, 0.05) is 11.0 Å². The van der Waals surface area contributed by atoms with Crippen molar-refractivity contribution < 1.29 is 9.13 Å². The molecule has 0 fully saturated rings. The zero-order valence-electron chi connectivity index (χ0n) is 12.6. The van der Waals surface area contributed by atoms with Crippen LogP contribution in [-0.4, -0.2) is 7.11 Å². The number of hydrazine groups is 1. The van der Waals surface area contributed by atoms with Crippen LogP contribution in [0.15, 0.2) is 48.5 Å². The molecule has 21 heavy (non-hydrogen) atoms. The maximum absolute atomic E-state index is 13.1. The van der Waals surface area contributed by atoms with Crippen LogP contribution < -0.4 is 16.0 Å². The lowest BCUT2D eigenvalue weighted by Crippen LogP contribution is -2.41.